The molecule has 2 aromatic rings. The van der Waals surface area contributed by atoms with Crippen LogP contribution in [0.25, 0.3) is 0 Å². The highest BCUT2D eigenvalue weighted by molar-refractivity contribution is 9.14. The lowest BCUT2D eigenvalue weighted by molar-refractivity contribution is 0.439. The van der Waals surface area contributed by atoms with Crippen LogP contribution in [0, 0.1) is 0 Å². The van der Waals surface area contributed by atoms with E-state index in [-0.39, 0.29) is 27.5 Å². The van der Waals surface area contributed by atoms with Crippen LogP contribution in [-0.4, -0.2) is 20.4 Å². The summed E-state index contributed by atoms with van der Waals surface area (Å²) in [7, 11) is 0. The van der Waals surface area contributed by atoms with Crippen LogP contribution >= 0.6 is 63.7 Å². The first-order valence-corrected chi connectivity index (χ1v) is 8.14. The molecule has 108 valence electrons. The highest BCUT2D eigenvalue weighted by Gasteiger charge is 2.17. The normalized spacial score (nSPS) is 9.80. The van der Waals surface area contributed by atoms with Gasteiger partial charge in [0.2, 0.25) is 0 Å². The van der Waals surface area contributed by atoms with Crippen molar-refractivity contribution < 1.29 is 20.4 Å². The molecule has 0 fully saturated rings. The van der Waals surface area contributed by atoms with Crippen LogP contribution in [0.1, 0.15) is 0 Å². The fraction of sp³-hybridized carbons (Fsp3) is 0. The first-order chi connectivity index (χ1) is 9.25. The summed E-state index contributed by atoms with van der Waals surface area (Å²) in [6, 6.07) is 5.85. The summed E-state index contributed by atoms with van der Waals surface area (Å²) in [6.07, 6.45) is 0. The van der Waals surface area contributed by atoms with Gasteiger partial charge in [0, 0.05) is 6.07 Å². The van der Waals surface area contributed by atoms with Crippen LogP contribution in [0.4, 0.5) is 0 Å². The Bertz CT molecular complexity index is 509. The van der Waals surface area contributed by atoms with Crippen molar-refractivity contribution in [2.24, 2.45) is 0 Å². The van der Waals surface area contributed by atoms with Gasteiger partial charge in [-0.3, -0.25) is 0 Å². The van der Waals surface area contributed by atoms with Crippen LogP contribution in [0.3, 0.4) is 0 Å². The van der Waals surface area contributed by atoms with E-state index >= 15 is 0 Å². The molecule has 0 radical (unpaired) electrons. The molecule has 0 aliphatic heterocycles. The maximum absolute atomic E-state index is 9.39. The molecule has 0 amide bonds. The second kappa shape index (κ2) is 7.53. The van der Waals surface area contributed by atoms with Crippen LogP contribution < -0.4 is 0 Å². The smallest absolute Gasteiger partial charge is 0.148 e. The molecule has 8 heteroatoms. The molecule has 0 aliphatic rings. The van der Waals surface area contributed by atoms with E-state index in [1.807, 2.05) is 0 Å². The number of rotatable bonds is 0. The van der Waals surface area contributed by atoms with E-state index in [0.717, 1.165) is 0 Å². The predicted octanol–water partition coefficient (Wildman–Crippen LogP) is 5.25. The molecule has 2 aromatic carbocycles. The Labute approximate surface area is 148 Å². The third-order valence-corrected chi connectivity index (χ3v) is 6.20. The largest absolute Gasteiger partial charge is 0.508 e. The van der Waals surface area contributed by atoms with Crippen LogP contribution in [0.5, 0.6) is 23.0 Å². The van der Waals surface area contributed by atoms with Gasteiger partial charge in [-0.2, -0.15) is 0 Å². The summed E-state index contributed by atoms with van der Waals surface area (Å²) in [4.78, 5) is 0. The molecule has 0 bridgehead atoms. The van der Waals surface area contributed by atoms with Crippen molar-refractivity contribution in [2.75, 3.05) is 0 Å². The van der Waals surface area contributed by atoms with Crippen molar-refractivity contribution >= 4 is 63.7 Å². The molecular weight excluding hydrogens is 528 g/mol. The Kier molecular flexibility index (Phi) is 6.63. The average molecular weight is 536 g/mol. The Morgan fingerprint density at radius 2 is 1.00 bits per heavy atom. The van der Waals surface area contributed by atoms with Crippen LogP contribution in [0.2, 0.25) is 0 Å². The molecular formula is C12H8Br4O4. The Balaban J connectivity index is 0.000000217. The lowest BCUT2D eigenvalue weighted by Crippen LogP contribution is -1.79. The molecule has 0 saturated heterocycles. The zero-order valence-corrected chi connectivity index (χ0v) is 16.0. The molecule has 0 aromatic heterocycles. The molecule has 0 spiro atoms. The van der Waals surface area contributed by atoms with E-state index in [2.05, 4.69) is 63.7 Å². The molecule has 0 unspecified atom stereocenters. The molecule has 0 heterocycles. The standard InChI is InChI=1S/C6H2Br4O2.C6H6O2/c7-1-2(8)5(11)4(10)6(12)3(1)9;7-5-2-1-3-6(8)4-5/h11-12H;1-4,7-8H. The van der Waals surface area contributed by atoms with E-state index < -0.39 is 0 Å². The summed E-state index contributed by atoms with van der Waals surface area (Å²) in [5.41, 5.74) is 0. The van der Waals surface area contributed by atoms with Gasteiger partial charge < -0.3 is 20.4 Å². The van der Waals surface area contributed by atoms with Crippen molar-refractivity contribution in [3.63, 3.8) is 0 Å². The van der Waals surface area contributed by atoms with Crippen molar-refractivity contribution in [3.05, 3.63) is 42.2 Å². The maximum Gasteiger partial charge on any atom is 0.148 e. The Morgan fingerprint density at radius 3 is 1.30 bits per heavy atom. The number of benzene rings is 2. The molecule has 4 N–H and O–H groups in total. The second-order valence-electron chi connectivity index (χ2n) is 3.47. The Morgan fingerprint density at radius 1 is 0.600 bits per heavy atom. The third-order valence-electron chi connectivity index (χ3n) is 2.05. The first-order valence-electron chi connectivity index (χ1n) is 4.97. The minimum Gasteiger partial charge on any atom is -0.508 e. The van der Waals surface area contributed by atoms with Gasteiger partial charge in [0.25, 0.3) is 0 Å². The van der Waals surface area contributed by atoms with Crippen LogP contribution in [-0.2, 0) is 0 Å². The predicted molar refractivity (Wildman–Crippen MR) is 90.3 cm³/mol. The van der Waals surface area contributed by atoms with E-state index in [9.17, 15) is 10.2 Å². The zero-order chi connectivity index (χ0) is 15.4. The molecule has 20 heavy (non-hydrogen) atoms. The third kappa shape index (κ3) is 4.28. The van der Waals surface area contributed by atoms with Gasteiger partial charge in [-0.25, -0.2) is 0 Å². The van der Waals surface area contributed by atoms with Gasteiger partial charge in [0.05, 0.1) is 13.4 Å². The van der Waals surface area contributed by atoms with Gasteiger partial charge in [0.1, 0.15) is 27.5 Å². The van der Waals surface area contributed by atoms with Gasteiger partial charge in [-0.15, -0.1) is 0 Å². The first kappa shape index (κ1) is 17.6. The van der Waals surface area contributed by atoms with Gasteiger partial charge in [-0.1, -0.05) is 6.07 Å². The highest BCUT2D eigenvalue weighted by Crippen LogP contribution is 2.48. The number of hydrogen-bond donors (Lipinski definition) is 4. The van der Waals surface area contributed by atoms with Crippen molar-refractivity contribution in [2.45, 2.75) is 0 Å². The quantitative estimate of drug-likeness (QED) is 0.275. The molecule has 0 saturated carbocycles. The zero-order valence-electron chi connectivity index (χ0n) is 9.61. The van der Waals surface area contributed by atoms with E-state index in [1.165, 1.54) is 18.2 Å². The van der Waals surface area contributed by atoms with Gasteiger partial charge >= 0.3 is 0 Å². The minimum atomic E-state index is -0.0393. The number of phenols is 4. The molecule has 0 atom stereocenters. The van der Waals surface area contributed by atoms with E-state index in [0.29, 0.717) is 13.4 Å². The summed E-state index contributed by atoms with van der Waals surface area (Å²) in [5, 5.41) is 36.1. The monoisotopic (exact) mass is 532 g/mol. The Hall–Kier alpha value is -0.440. The highest BCUT2D eigenvalue weighted by atomic mass is 79.9. The molecule has 0 aliphatic carbocycles. The fourth-order valence-corrected chi connectivity index (χ4v) is 3.47. The lowest BCUT2D eigenvalue weighted by atomic mass is 10.3. The number of phenolic OH excluding ortho intramolecular Hbond substituents is 4. The van der Waals surface area contributed by atoms with Crippen molar-refractivity contribution in [1.82, 2.24) is 0 Å². The fourth-order valence-electron chi connectivity index (χ4n) is 1.10. The van der Waals surface area contributed by atoms with Gasteiger partial charge in [0.15, 0.2) is 0 Å². The van der Waals surface area contributed by atoms with E-state index in [4.69, 9.17) is 10.2 Å². The average Bonchev–Trinajstić information content (AvgIpc) is 2.41. The second-order valence-corrected chi connectivity index (χ2v) is 6.64. The topological polar surface area (TPSA) is 80.9 Å². The minimum absolute atomic E-state index is 0.0393. The summed E-state index contributed by atoms with van der Waals surface area (Å²) in [6.45, 7) is 0. The van der Waals surface area contributed by atoms with Crippen LogP contribution in [0.15, 0.2) is 42.2 Å². The van der Waals surface area contributed by atoms with Crippen molar-refractivity contribution in [3.8, 4) is 23.0 Å². The molecule has 2 rings (SSSR count). The number of hydrogen-bond acceptors (Lipinski definition) is 4. The maximum atomic E-state index is 9.39. The SMILES string of the molecule is Oc1c(Br)c(O)c(Br)c(Br)c1Br.Oc1cccc(O)c1. The van der Waals surface area contributed by atoms with Crippen molar-refractivity contribution in [1.29, 1.82) is 0 Å². The van der Waals surface area contributed by atoms with E-state index in [1.54, 1.807) is 6.07 Å². The summed E-state index contributed by atoms with van der Waals surface area (Å²) < 4.78 is 1.79. The number of halogens is 4. The number of aromatic hydroxyl groups is 4. The summed E-state index contributed by atoms with van der Waals surface area (Å²) in [5.74, 6) is 0.0974. The molecule has 4 nitrogen and oxygen atoms in total. The summed E-state index contributed by atoms with van der Waals surface area (Å²) >= 11 is 12.5. The lowest BCUT2D eigenvalue weighted by Gasteiger charge is -2.07. The van der Waals surface area contributed by atoms with Gasteiger partial charge in [-0.05, 0) is 75.9 Å².